The molecule has 0 saturated carbocycles. The van der Waals surface area contributed by atoms with Gasteiger partial charge in [0.05, 0.1) is 7.11 Å². The summed E-state index contributed by atoms with van der Waals surface area (Å²) < 4.78 is 4.12. The second-order valence-electron chi connectivity index (χ2n) is 1.49. The first-order chi connectivity index (χ1) is 4.72. The summed E-state index contributed by atoms with van der Waals surface area (Å²) in [6.45, 7) is 3.62. The van der Waals surface area contributed by atoms with Crippen molar-refractivity contribution in [1.29, 1.82) is 0 Å². The van der Waals surface area contributed by atoms with Crippen molar-refractivity contribution >= 4 is 11.9 Å². The lowest BCUT2D eigenvalue weighted by atomic mass is 10.5. The van der Waals surface area contributed by atoms with Gasteiger partial charge in [-0.2, -0.15) is 0 Å². The third-order valence-electron chi connectivity index (χ3n) is 0.778. The minimum Gasteiger partial charge on any atom is -0.462 e. The van der Waals surface area contributed by atoms with Crippen LogP contribution in [0.2, 0.25) is 0 Å². The highest BCUT2D eigenvalue weighted by molar-refractivity contribution is 6.32. The Labute approximate surface area is 58.9 Å². The molecule has 0 heterocycles. The SMILES string of the molecule is C=CCNC(=O)C(=O)OC. The minimum atomic E-state index is -0.887. The number of amides is 1. The third kappa shape index (κ3) is 2.86. The van der Waals surface area contributed by atoms with Crippen molar-refractivity contribution in [2.45, 2.75) is 0 Å². The summed E-state index contributed by atoms with van der Waals surface area (Å²) in [5.41, 5.74) is 0. The molecule has 0 rings (SSSR count). The Morgan fingerprint density at radius 2 is 2.30 bits per heavy atom. The second kappa shape index (κ2) is 4.55. The molecule has 1 N–H and O–H groups in total. The van der Waals surface area contributed by atoms with Crippen LogP contribution in [0.15, 0.2) is 12.7 Å². The van der Waals surface area contributed by atoms with E-state index in [2.05, 4.69) is 16.6 Å². The molecule has 0 saturated heterocycles. The molecule has 0 aliphatic heterocycles. The zero-order chi connectivity index (χ0) is 7.98. The summed E-state index contributed by atoms with van der Waals surface area (Å²) in [6, 6.07) is 0. The van der Waals surface area contributed by atoms with Crippen LogP contribution in [0.3, 0.4) is 0 Å². The van der Waals surface area contributed by atoms with Gasteiger partial charge in [-0.25, -0.2) is 4.79 Å². The molecule has 1 amide bonds. The van der Waals surface area contributed by atoms with E-state index < -0.39 is 11.9 Å². The molecule has 56 valence electrons. The maximum atomic E-state index is 10.5. The lowest BCUT2D eigenvalue weighted by molar-refractivity contribution is -0.152. The maximum Gasteiger partial charge on any atom is 0.396 e. The van der Waals surface area contributed by atoms with Gasteiger partial charge in [0, 0.05) is 6.54 Å². The largest absolute Gasteiger partial charge is 0.462 e. The van der Waals surface area contributed by atoms with Gasteiger partial charge in [0.15, 0.2) is 0 Å². The fourth-order valence-electron chi connectivity index (χ4n) is 0.330. The molecule has 0 spiro atoms. The average molecular weight is 143 g/mol. The molecule has 0 aromatic rings. The molecule has 0 fully saturated rings. The van der Waals surface area contributed by atoms with Gasteiger partial charge in [0.1, 0.15) is 0 Å². The van der Waals surface area contributed by atoms with Gasteiger partial charge < -0.3 is 10.1 Å². The summed E-state index contributed by atoms with van der Waals surface area (Å²) in [5.74, 6) is -1.63. The zero-order valence-electron chi connectivity index (χ0n) is 5.72. The summed E-state index contributed by atoms with van der Waals surface area (Å²) in [5, 5.41) is 2.25. The number of carbonyl (C=O) groups excluding carboxylic acids is 2. The lowest BCUT2D eigenvalue weighted by Gasteiger charge is -1.97. The topological polar surface area (TPSA) is 55.4 Å². The molecule has 0 aliphatic rings. The number of hydrogen-bond acceptors (Lipinski definition) is 3. The summed E-state index contributed by atoms with van der Waals surface area (Å²) >= 11 is 0. The minimum absolute atomic E-state index is 0.272. The lowest BCUT2D eigenvalue weighted by Crippen LogP contribution is -2.31. The maximum absolute atomic E-state index is 10.5. The van der Waals surface area contributed by atoms with Crippen molar-refractivity contribution in [3.05, 3.63) is 12.7 Å². The average Bonchev–Trinajstić information content (AvgIpc) is 1.98. The van der Waals surface area contributed by atoms with Gasteiger partial charge in [-0.15, -0.1) is 6.58 Å². The first kappa shape index (κ1) is 8.68. The van der Waals surface area contributed by atoms with Gasteiger partial charge in [0.25, 0.3) is 0 Å². The summed E-state index contributed by atoms with van der Waals surface area (Å²) in [7, 11) is 1.15. The number of nitrogens with one attached hydrogen (secondary N) is 1. The van der Waals surface area contributed by atoms with Crippen LogP contribution in [-0.2, 0) is 14.3 Å². The van der Waals surface area contributed by atoms with E-state index in [0.29, 0.717) is 0 Å². The Morgan fingerprint density at radius 1 is 1.70 bits per heavy atom. The van der Waals surface area contributed by atoms with E-state index in [4.69, 9.17) is 0 Å². The van der Waals surface area contributed by atoms with Crippen LogP contribution in [0, 0.1) is 0 Å². The van der Waals surface area contributed by atoms with Crippen LogP contribution in [0.5, 0.6) is 0 Å². The van der Waals surface area contributed by atoms with Gasteiger partial charge in [-0.1, -0.05) is 6.08 Å². The molecule has 0 aliphatic carbocycles. The van der Waals surface area contributed by atoms with E-state index in [1.54, 1.807) is 0 Å². The second-order valence-corrected chi connectivity index (χ2v) is 1.49. The zero-order valence-corrected chi connectivity index (χ0v) is 5.72. The van der Waals surface area contributed by atoms with Crippen LogP contribution in [0.25, 0.3) is 0 Å². The van der Waals surface area contributed by atoms with Crippen molar-refractivity contribution in [3.8, 4) is 0 Å². The Hall–Kier alpha value is -1.32. The van der Waals surface area contributed by atoms with E-state index in [1.165, 1.54) is 6.08 Å². The van der Waals surface area contributed by atoms with E-state index in [9.17, 15) is 9.59 Å². The van der Waals surface area contributed by atoms with Crippen molar-refractivity contribution < 1.29 is 14.3 Å². The number of ether oxygens (including phenoxy) is 1. The number of esters is 1. The molecule has 0 aromatic carbocycles. The monoisotopic (exact) mass is 143 g/mol. The molecule has 0 radical (unpaired) electrons. The summed E-state index contributed by atoms with van der Waals surface area (Å²) in [6.07, 6.45) is 1.47. The molecule has 0 aromatic heterocycles. The van der Waals surface area contributed by atoms with E-state index >= 15 is 0 Å². The molecule has 0 unspecified atom stereocenters. The Balaban J connectivity index is 3.62. The Bertz CT molecular complexity index is 153. The van der Waals surface area contributed by atoms with Gasteiger partial charge in [0.2, 0.25) is 0 Å². The van der Waals surface area contributed by atoms with Crippen molar-refractivity contribution in [1.82, 2.24) is 5.32 Å². The van der Waals surface area contributed by atoms with Crippen molar-refractivity contribution in [3.63, 3.8) is 0 Å². The molecule has 10 heavy (non-hydrogen) atoms. The fourth-order valence-corrected chi connectivity index (χ4v) is 0.330. The highest BCUT2D eigenvalue weighted by Gasteiger charge is 2.10. The smallest absolute Gasteiger partial charge is 0.396 e. The number of carbonyl (C=O) groups is 2. The fraction of sp³-hybridized carbons (Fsp3) is 0.333. The molecular weight excluding hydrogens is 134 g/mol. The van der Waals surface area contributed by atoms with Crippen LogP contribution < -0.4 is 5.32 Å². The Morgan fingerprint density at radius 3 is 2.70 bits per heavy atom. The van der Waals surface area contributed by atoms with Crippen LogP contribution in [0.1, 0.15) is 0 Å². The first-order valence-corrected chi connectivity index (χ1v) is 2.69. The molecule has 0 atom stereocenters. The van der Waals surface area contributed by atoms with Crippen LogP contribution >= 0.6 is 0 Å². The van der Waals surface area contributed by atoms with Crippen LogP contribution in [0.4, 0.5) is 0 Å². The number of hydrogen-bond donors (Lipinski definition) is 1. The summed E-state index contributed by atoms with van der Waals surface area (Å²) in [4.78, 5) is 20.8. The third-order valence-corrected chi connectivity index (χ3v) is 0.778. The molecule has 0 bridgehead atoms. The standard InChI is InChI=1S/C6H9NO3/c1-3-4-7-5(8)6(9)10-2/h3H,1,4H2,2H3,(H,7,8). The number of methoxy groups -OCH3 is 1. The number of rotatable bonds is 2. The predicted molar refractivity (Wildman–Crippen MR) is 35.2 cm³/mol. The molecular formula is C6H9NO3. The molecule has 4 nitrogen and oxygen atoms in total. The normalized spacial score (nSPS) is 8.10. The van der Waals surface area contributed by atoms with Gasteiger partial charge >= 0.3 is 11.9 Å². The van der Waals surface area contributed by atoms with E-state index in [0.717, 1.165) is 7.11 Å². The van der Waals surface area contributed by atoms with Gasteiger partial charge in [-0.05, 0) is 0 Å². The van der Waals surface area contributed by atoms with Crippen LogP contribution in [-0.4, -0.2) is 25.5 Å². The Kier molecular flexibility index (Phi) is 3.95. The predicted octanol–water partition coefficient (Wildman–Crippen LogP) is -0.538. The molecule has 4 heteroatoms. The van der Waals surface area contributed by atoms with E-state index in [1.807, 2.05) is 0 Å². The first-order valence-electron chi connectivity index (χ1n) is 2.69. The highest BCUT2D eigenvalue weighted by atomic mass is 16.5. The quantitative estimate of drug-likeness (QED) is 0.321. The van der Waals surface area contributed by atoms with Gasteiger partial charge in [-0.3, -0.25) is 4.79 Å². The highest BCUT2D eigenvalue weighted by Crippen LogP contribution is 1.72. The van der Waals surface area contributed by atoms with E-state index in [-0.39, 0.29) is 6.54 Å². The van der Waals surface area contributed by atoms with Crippen molar-refractivity contribution in [2.24, 2.45) is 0 Å². The van der Waals surface area contributed by atoms with Crippen molar-refractivity contribution in [2.75, 3.05) is 13.7 Å².